The number of amides is 2. The number of hydrogen-bond donors (Lipinski definition) is 1. The van der Waals surface area contributed by atoms with Gasteiger partial charge in [-0.1, -0.05) is 26.0 Å². The zero-order valence-corrected chi connectivity index (χ0v) is 16.0. The summed E-state index contributed by atoms with van der Waals surface area (Å²) in [6, 6.07) is 6.57. The van der Waals surface area contributed by atoms with E-state index in [9.17, 15) is 9.59 Å². The molecule has 2 N–H and O–H groups in total. The molecule has 0 aliphatic carbocycles. The first kappa shape index (κ1) is 19.2. The number of aromatic nitrogens is 1. The van der Waals surface area contributed by atoms with Crippen molar-refractivity contribution in [3.63, 3.8) is 0 Å². The van der Waals surface area contributed by atoms with E-state index >= 15 is 0 Å². The molecule has 0 bridgehead atoms. The van der Waals surface area contributed by atoms with Crippen LogP contribution in [0.3, 0.4) is 0 Å². The molecule has 0 saturated carbocycles. The number of rotatable bonds is 6. The lowest BCUT2D eigenvalue weighted by molar-refractivity contribution is -0.125. The number of fused-ring (bicyclic) bond motifs is 1. The fourth-order valence-electron chi connectivity index (χ4n) is 2.75. The Balaban J connectivity index is 2.45. The van der Waals surface area contributed by atoms with Crippen LogP contribution in [-0.4, -0.2) is 34.0 Å². The second-order valence-electron chi connectivity index (χ2n) is 6.63. The highest BCUT2D eigenvalue weighted by Gasteiger charge is 2.37. The molecule has 0 saturated heterocycles. The van der Waals surface area contributed by atoms with Crippen LogP contribution < -0.4 is 5.73 Å². The first-order chi connectivity index (χ1) is 11.7. The second-order valence-corrected chi connectivity index (χ2v) is 7.69. The van der Waals surface area contributed by atoms with Gasteiger partial charge in [0, 0.05) is 0 Å². The molecular weight excluding hydrogens is 338 g/mol. The number of primary amides is 1. The van der Waals surface area contributed by atoms with Crippen LogP contribution in [0.4, 0.5) is 4.79 Å². The number of para-hydroxylation sites is 1. The topological polar surface area (TPSA) is 85.5 Å². The molecule has 2 amide bonds. The number of nitrogens with zero attached hydrogens (tertiary/aromatic N) is 2. The molecule has 0 radical (unpaired) electrons. The Bertz CT molecular complexity index is 724. The summed E-state index contributed by atoms with van der Waals surface area (Å²) in [7, 11) is 0. The second kappa shape index (κ2) is 7.82. The van der Waals surface area contributed by atoms with Crippen molar-refractivity contribution >= 4 is 33.6 Å². The molecule has 0 aliphatic rings. The van der Waals surface area contributed by atoms with E-state index in [4.69, 9.17) is 10.5 Å². The first-order valence-corrected chi connectivity index (χ1v) is 9.17. The minimum absolute atomic E-state index is 0.144. The fraction of sp³-hybridized carbons (Fsp3) is 0.500. The average Bonchev–Trinajstić information content (AvgIpc) is 2.94. The lowest BCUT2D eigenvalue weighted by atomic mass is 10.0. The third-order valence-corrected chi connectivity index (χ3v) is 5.06. The van der Waals surface area contributed by atoms with E-state index in [2.05, 4.69) is 4.98 Å². The number of benzene rings is 1. The van der Waals surface area contributed by atoms with Gasteiger partial charge in [-0.05, 0) is 38.8 Å². The van der Waals surface area contributed by atoms with Gasteiger partial charge in [0.25, 0.3) is 0 Å². The number of hydrogen-bond acceptors (Lipinski definition) is 5. The van der Waals surface area contributed by atoms with Crippen molar-refractivity contribution in [3.8, 4) is 0 Å². The maximum absolute atomic E-state index is 12.7. The van der Waals surface area contributed by atoms with Crippen LogP contribution in [0.2, 0.25) is 0 Å². The van der Waals surface area contributed by atoms with Crippen LogP contribution in [0, 0.1) is 5.92 Å². The van der Waals surface area contributed by atoms with E-state index in [1.54, 1.807) is 13.8 Å². The molecule has 1 unspecified atom stereocenters. The molecule has 2 atom stereocenters. The quantitative estimate of drug-likeness (QED) is 0.847. The minimum atomic E-state index is -0.770. The Hall–Kier alpha value is -2.15. The zero-order valence-electron chi connectivity index (χ0n) is 15.2. The summed E-state index contributed by atoms with van der Waals surface area (Å²) in [5.41, 5.74) is 6.46. The highest BCUT2D eigenvalue weighted by molar-refractivity contribution is 7.18. The van der Waals surface area contributed by atoms with Crippen molar-refractivity contribution in [2.75, 3.05) is 0 Å². The molecule has 0 fully saturated rings. The van der Waals surface area contributed by atoms with Crippen LogP contribution in [0.15, 0.2) is 24.3 Å². The molecule has 2 rings (SSSR count). The van der Waals surface area contributed by atoms with Crippen molar-refractivity contribution < 1.29 is 14.3 Å². The highest BCUT2D eigenvalue weighted by Crippen LogP contribution is 2.32. The van der Waals surface area contributed by atoms with Crippen molar-refractivity contribution in [3.05, 3.63) is 29.3 Å². The normalized spacial score (nSPS) is 13.9. The van der Waals surface area contributed by atoms with Gasteiger partial charge in [0.2, 0.25) is 5.91 Å². The summed E-state index contributed by atoms with van der Waals surface area (Å²) in [6.07, 6.45) is -0.850. The molecule has 1 aromatic carbocycles. The Morgan fingerprint density at radius 3 is 2.32 bits per heavy atom. The Kier molecular flexibility index (Phi) is 6.00. The van der Waals surface area contributed by atoms with Crippen LogP contribution in [-0.2, 0) is 9.53 Å². The molecule has 6 nitrogen and oxygen atoms in total. The molecule has 0 aliphatic heterocycles. The summed E-state index contributed by atoms with van der Waals surface area (Å²) in [6.45, 7) is 9.10. The van der Waals surface area contributed by atoms with Gasteiger partial charge in [-0.15, -0.1) is 11.3 Å². The Labute approximate surface area is 152 Å². The summed E-state index contributed by atoms with van der Waals surface area (Å²) < 4.78 is 6.40. The van der Waals surface area contributed by atoms with Gasteiger partial charge in [0.05, 0.1) is 22.4 Å². The summed E-state index contributed by atoms with van der Waals surface area (Å²) >= 11 is 1.50. The Morgan fingerprint density at radius 2 is 1.80 bits per heavy atom. The SMILES string of the molecule is CC(C)OC(=O)N(C(C)c1nc2ccccc2s1)[C@H](C(N)=O)C(C)C. The lowest BCUT2D eigenvalue weighted by Gasteiger charge is -2.35. The maximum atomic E-state index is 12.7. The third-order valence-electron chi connectivity index (χ3n) is 3.86. The van der Waals surface area contributed by atoms with Gasteiger partial charge in [0.1, 0.15) is 11.0 Å². The van der Waals surface area contributed by atoms with Crippen LogP contribution in [0.25, 0.3) is 10.2 Å². The molecular formula is C18H25N3O3S. The van der Waals surface area contributed by atoms with Gasteiger partial charge in [-0.25, -0.2) is 9.78 Å². The third kappa shape index (κ3) is 4.28. The number of carbonyl (C=O) groups is 2. The van der Waals surface area contributed by atoms with Gasteiger partial charge in [-0.3, -0.25) is 9.69 Å². The maximum Gasteiger partial charge on any atom is 0.411 e. The van der Waals surface area contributed by atoms with Crippen molar-refractivity contribution in [1.82, 2.24) is 9.88 Å². The largest absolute Gasteiger partial charge is 0.447 e. The van der Waals surface area contributed by atoms with Gasteiger partial charge in [0.15, 0.2) is 0 Å². The number of ether oxygens (including phenoxy) is 1. The molecule has 136 valence electrons. The Morgan fingerprint density at radius 1 is 1.16 bits per heavy atom. The van der Waals surface area contributed by atoms with Crippen molar-refractivity contribution in [1.29, 1.82) is 0 Å². The average molecular weight is 363 g/mol. The molecule has 1 aromatic heterocycles. The molecule has 0 spiro atoms. The molecule has 2 aromatic rings. The van der Waals surface area contributed by atoms with E-state index < -0.39 is 24.1 Å². The van der Waals surface area contributed by atoms with Crippen LogP contribution >= 0.6 is 11.3 Å². The number of carbonyl (C=O) groups excluding carboxylic acids is 2. The van der Waals surface area contributed by atoms with Crippen molar-refractivity contribution in [2.45, 2.75) is 52.8 Å². The summed E-state index contributed by atoms with van der Waals surface area (Å²) in [5.74, 6) is -0.697. The first-order valence-electron chi connectivity index (χ1n) is 8.36. The molecule has 7 heteroatoms. The van der Waals surface area contributed by atoms with Gasteiger partial charge >= 0.3 is 6.09 Å². The molecule has 25 heavy (non-hydrogen) atoms. The van der Waals surface area contributed by atoms with Crippen molar-refractivity contribution in [2.24, 2.45) is 11.7 Å². The molecule has 1 heterocycles. The van der Waals surface area contributed by atoms with E-state index in [-0.39, 0.29) is 12.0 Å². The lowest BCUT2D eigenvalue weighted by Crippen LogP contribution is -2.52. The summed E-state index contributed by atoms with van der Waals surface area (Å²) in [5, 5.41) is 0.744. The zero-order chi connectivity index (χ0) is 18.7. The smallest absolute Gasteiger partial charge is 0.411 e. The van der Waals surface area contributed by atoms with Crippen LogP contribution in [0.5, 0.6) is 0 Å². The van der Waals surface area contributed by atoms with Gasteiger partial charge in [-0.2, -0.15) is 0 Å². The van der Waals surface area contributed by atoms with E-state index in [1.807, 2.05) is 45.0 Å². The van der Waals surface area contributed by atoms with E-state index in [0.717, 1.165) is 15.2 Å². The predicted molar refractivity (Wildman–Crippen MR) is 99.3 cm³/mol. The van der Waals surface area contributed by atoms with E-state index in [0.29, 0.717) is 0 Å². The predicted octanol–water partition coefficient (Wildman–Crippen LogP) is 3.71. The fourth-order valence-corrected chi connectivity index (χ4v) is 3.77. The number of thiazole rings is 1. The standard InChI is InChI=1S/C18H25N3O3S/c1-10(2)15(16(19)22)21(18(23)24-11(3)4)12(5)17-20-13-8-6-7-9-14(13)25-17/h6-12,15H,1-5H3,(H2,19,22)/t12?,15-/m0/s1. The van der Waals surface area contributed by atoms with Crippen LogP contribution in [0.1, 0.15) is 45.7 Å². The number of nitrogens with two attached hydrogens (primary N) is 1. The van der Waals surface area contributed by atoms with Gasteiger partial charge < -0.3 is 10.5 Å². The monoisotopic (exact) mass is 363 g/mol. The highest BCUT2D eigenvalue weighted by atomic mass is 32.1. The minimum Gasteiger partial charge on any atom is -0.447 e. The summed E-state index contributed by atoms with van der Waals surface area (Å²) in [4.78, 5) is 30.8. The van der Waals surface area contributed by atoms with E-state index in [1.165, 1.54) is 16.2 Å².